The predicted molar refractivity (Wildman–Crippen MR) is 118 cm³/mol. The van der Waals surface area contributed by atoms with E-state index in [1.165, 1.54) is 0 Å². The third-order valence-corrected chi connectivity index (χ3v) is 6.23. The Balaban J connectivity index is 1.56. The number of carbonyl (C=O) groups excluding carboxylic acids is 3. The first-order valence-electron chi connectivity index (χ1n) is 11.2. The molecule has 2 aliphatic rings. The number of ether oxygens (including phenoxy) is 1. The van der Waals surface area contributed by atoms with E-state index in [1.54, 1.807) is 12.1 Å². The first-order chi connectivity index (χ1) is 15.6. The lowest BCUT2D eigenvalue weighted by atomic mass is 9.84. The van der Waals surface area contributed by atoms with Crippen molar-refractivity contribution in [1.82, 2.24) is 4.90 Å². The Morgan fingerprint density at radius 2 is 1.48 bits per heavy atom. The summed E-state index contributed by atoms with van der Waals surface area (Å²) in [4.78, 5) is 39.0. The minimum atomic E-state index is -0.917. The second-order valence-corrected chi connectivity index (χ2v) is 9.77. The van der Waals surface area contributed by atoms with Gasteiger partial charge in [0.25, 0.3) is 11.8 Å². The van der Waals surface area contributed by atoms with Crippen molar-refractivity contribution < 1.29 is 27.9 Å². The standard InChI is InChI=1S/C26H27F2NO4/c1-26(2,3)33-25(32)20(16-6-4-5-7-16)17-10-8-15(9-11-17)14-29-23(30)21-18(27)12-13-19(28)22(21)24(29)31/h8-13,16,20H,4-7,14H2,1-3H3. The molecule has 4 rings (SSSR count). The molecule has 1 aliphatic carbocycles. The Labute approximate surface area is 191 Å². The van der Waals surface area contributed by atoms with E-state index in [0.717, 1.165) is 48.3 Å². The van der Waals surface area contributed by atoms with Crippen molar-refractivity contribution in [3.8, 4) is 0 Å². The predicted octanol–water partition coefficient (Wildman–Crippen LogP) is 5.38. The monoisotopic (exact) mass is 455 g/mol. The maximum absolute atomic E-state index is 14.1. The SMILES string of the molecule is CC(C)(C)OC(=O)C(c1ccc(CN2C(=O)c3c(F)ccc(F)c3C2=O)cc1)C1CCCC1. The molecule has 2 aromatic carbocycles. The molecule has 1 aliphatic heterocycles. The Hall–Kier alpha value is -3.09. The summed E-state index contributed by atoms with van der Waals surface area (Å²) >= 11 is 0. The van der Waals surface area contributed by atoms with Gasteiger partial charge in [0.2, 0.25) is 0 Å². The van der Waals surface area contributed by atoms with Gasteiger partial charge in [-0.25, -0.2) is 8.78 Å². The number of halogens is 2. The second-order valence-electron chi connectivity index (χ2n) is 9.77. The summed E-state index contributed by atoms with van der Waals surface area (Å²) in [7, 11) is 0. The summed E-state index contributed by atoms with van der Waals surface area (Å²) in [6.07, 6.45) is 4.07. The largest absolute Gasteiger partial charge is 0.459 e. The van der Waals surface area contributed by atoms with Crippen LogP contribution in [0.15, 0.2) is 36.4 Å². The molecule has 0 N–H and O–H groups in total. The van der Waals surface area contributed by atoms with Crippen molar-refractivity contribution in [2.45, 2.75) is 64.5 Å². The van der Waals surface area contributed by atoms with Crippen LogP contribution in [0.3, 0.4) is 0 Å². The fourth-order valence-corrected chi connectivity index (χ4v) is 4.75. The molecule has 0 saturated heterocycles. The first kappa shape index (κ1) is 23.1. The molecule has 0 radical (unpaired) electrons. The van der Waals surface area contributed by atoms with E-state index >= 15 is 0 Å². The van der Waals surface area contributed by atoms with Gasteiger partial charge < -0.3 is 4.74 Å². The van der Waals surface area contributed by atoms with Crippen molar-refractivity contribution in [2.75, 3.05) is 0 Å². The van der Waals surface area contributed by atoms with Crippen LogP contribution in [0.25, 0.3) is 0 Å². The molecule has 33 heavy (non-hydrogen) atoms. The number of fused-ring (bicyclic) bond motifs is 1. The maximum atomic E-state index is 14.1. The Morgan fingerprint density at radius 1 is 0.970 bits per heavy atom. The smallest absolute Gasteiger partial charge is 0.314 e. The van der Waals surface area contributed by atoms with Gasteiger partial charge in [0, 0.05) is 0 Å². The molecule has 1 atom stereocenters. The van der Waals surface area contributed by atoms with Gasteiger partial charge in [-0.15, -0.1) is 0 Å². The third-order valence-electron chi connectivity index (χ3n) is 6.23. The fraction of sp³-hybridized carbons (Fsp3) is 0.423. The minimum Gasteiger partial charge on any atom is -0.459 e. The molecule has 0 aromatic heterocycles. The van der Waals surface area contributed by atoms with E-state index in [1.807, 2.05) is 32.9 Å². The number of imide groups is 1. The number of esters is 1. The van der Waals surface area contributed by atoms with Crippen molar-refractivity contribution in [1.29, 1.82) is 0 Å². The molecule has 1 unspecified atom stereocenters. The highest BCUT2D eigenvalue weighted by Gasteiger charge is 2.40. The van der Waals surface area contributed by atoms with Crippen LogP contribution >= 0.6 is 0 Å². The molecular formula is C26H27F2NO4. The molecule has 2 amide bonds. The summed E-state index contributed by atoms with van der Waals surface area (Å²) in [5.41, 5.74) is -0.211. The van der Waals surface area contributed by atoms with Gasteiger partial charge in [0.15, 0.2) is 0 Å². The van der Waals surface area contributed by atoms with E-state index in [9.17, 15) is 23.2 Å². The van der Waals surface area contributed by atoms with E-state index in [2.05, 4.69) is 0 Å². The number of benzene rings is 2. The number of hydrogen-bond donors (Lipinski definition) is 0. The van der Waals surface area contributed by atoms with Crippen molar-refractivity contribution >= 4 is 17.8 Å². The second kappa shape index (κ2) is 8.69. The van der Waals surface area contributed by atoms with Crippen LogP contribution in [0.4, 0.5) is 8.78 Å². The zero-order chi connectivity index (χ0) is 23.9. The minimum absolute atomic E-state index is 0.119. The molecular weight excluding hydrogens is 428 g/mol. The number of nitrogens with zero attached hydrogens (tertiary/aromatic N) is 1. The van der Waals surface area contributed by atoms with E-state index in [0.29, 0.717) is 5.56 Å². The lowest BCUT2D eigenvalue weighted by Gasteiger charge is -2.27. The van der Waals surface area contributed by atoms with Gasteiger partial charge >= 0.3 is 5.97 Å². The van der Waals surface area contributed by atoms with Crippen LogP contribution in [0.1, 0.15) is 84.2 Å². The molecule has 1 fully saturated rings. The highest BCUT2D eigenvalue weighted by molar-refractivity contribution is 6.21. The van der Waals surface area contributed by atoms with Crippen LogP contribution in [0.2, 0.25) is 0 Å². The Kier molecular flexibility index (Phi) is 6.08. The van der Waals surface area contributed by atoms with Crippen molar-refractivity contribution in [2.24, 2.45) is 5.92 Å². The van der Waals surface area contributed by atoms with Crippen LogP contribution < -0.4 is 0 Å². The van der Waals surface area contributed by atoms with Crippen LogP contribution in [0.5, 0.6) is 0 Å². The van der Waals surface area contributed by atoms with Crippen molar-refractivity contribution in [3.63, 3.8) is 0 Å². The molecule has 0 spiro atoms. The third kappa shape index (κ3) is 4.54. The van der Waals surface area contributed by atoms with E-state index in [-0.39, 0.29) is 24.3 Å². The molecule has 7 heteroatoms. The normalized spacial score (nSPS) is 17.4. The van der Waals surface area contributed by atoms with Gasteiger partial charge in [-0.1, -0.05) is 37.1 Å². The lowest BCUT2D eigenvalue weighted by Crippen LogP contribution is -2.31. The summed E-state index contributed by atoms with van der Waals surface area (Å²) in [6.45, 7) is 5.40. The maximum Gasteiger partial charge on any atom is 0.314 e. The molecule has 2 aromatic rings. The summed E-state index contributed by atoms with van der Waals surface area (Å²) in [6, 6.07) is 8.77. The number of amides is 2. The summed E-state index contributed by atoms with van der Waals surface area (Å²) in [5.74, 6) is -3.98. The van der Waals surface area contributed by atoms with E-state index in [4.69, 9.17) is 4.74 Å². The zero-order valence-corrected chi connectivity index (χ0v) is 19.0. The van der Waals surface area contributed by atoms with Gasteiger partial charge in [-0.05, 0) is 62.8 Å². The van der Waals surface area contributed by atoms with Gasteiger partial charge in [-0.2, -0.15) is 0 Å². The van der Waals surface area contributed by atoms with Crippen LogP contribution in [-0.4, -0.2) is 28.3 Å². The van der Waals surface area contributed by atoms with Crippen LogP contribution in [0, 0.1) is 17.6 Å². The zero-order valence-electron chi connectivity index (χ0n) is 19.0. The molecule has 0 bridgehead atoms. The number of carbonyl (C=O) groups is 3. The highest BCUT2D eigenvalue weighted by atomic mass is 19.1. The Bertz CT molecular complexity index is 1060. The summed E-state index contributed by atoms with van der Waals surface area (Å²) < 4.78 is 33.8. The van der Waals surface area contributed by atoms with Gasteiger partial charge in [0.1, 0.15) is 17.2 Å². The average Bonchev–Trinajstić information content (AvgIpc) is 3.34. The number of hydrogen-bond acceptors (Lipinski definition) is 4. The van der Waals surface area contributed by atoms with Crippen molar-refractivity contribution in [3.05, 3.63) is 70.3 Å². The first-order valence-corrected chi connectivity index (χ1v) is 11.2. The topological polar surface area (TPSA) is 63.7 Å². The molecule has 174 valence electrons. The molecule has 5 nitrogen and oxygen atoms in total. The quantitative estimate of drug-likeness (QED) is 0.449. The van der Waals surface area contributed by atoms with E-state index < -0.39 is 40.2 Å². The molecule has 1 saturated carbocycles. The van der Waals surface area contributed by atoms with Gasteiger partial charge in [-0.3, -0.25) is 19.3 Å². The Morgan fingerprint density at radius 3 is 1.97 bits per heavy atom. The average molecular weight is 456 g/mol. The van der Waals surface area contributed by atoms with Gasteiger partial charge in [0.05, 0.1) is 23.6 Å². The van der Waals surface area contributed by atoms with Crippen LogP contribution in [-0.2, 0) is 16.1 Å². The highest BCUT2D eigenvalue weighted by Crippen LogP contribution is 2.39. The lowest BCUT2D eigenvalue weighted by molar-refractivity contribution is -0.158. The molecule has 1 heterocycles. The number of rotatable bonds is 5. The fourth-order valence-electron chi connectivity index (χ4n) is 4.75. The summed E-state index contributed by atoms with van der Waals surface area (Å²) in [5, 5.41) is 0.